The molecule has 0 aromatic heterocycles. The minimum Gasteiger partial charge on any atom is -0.507 e. The molecule has 0 spiro atoms. The molecule has 8 nitrogen and oxygen atoms in total. The van der Waals surface area contributed by atoms with Gasteiger partial charge in [0, 0.05) is 37.2 Å². The summed E-state index contributed by atoms with van der Waals surface area (Å²) in [7, 11) is 0. The van der Waals surface area contributed by atoms with Crippen LogP contribution in [0.5, 0.6) is 5.75 Å². The number of benzene rings is 2. The Labute approximate surface area is 254 Å². The van der Waals surface area contributed by atoms with Crippen molar-refractivity contribution in [3.05, 3.63) is 82.4 Å². The van der Waals surface area contributed by atoms with Gasteiger partial charge in [-0.05, 0) is 61.3 Å². The molecule has 43 heavy (non-hydrogen) atoms. The molecule has 0 unspecified atom stereocenters. The summed E-state index contributed by atoms with van der Waals surface area (Å²) in [6.07, 6.45) is 4.18. The van der Waals surface area contributed by atoms with Crippen LogP contribution in [0.2, 0.25) is 0 Å². The van der Waals surface area contributed by atoms with Gasteiger partial charge in [-0.1, -0.05) is 67.1 Å². The number of carbonyl (C=O) groups is 2. The summed E-state index contributed by atoms with van der Waals surface area (Å²) in [5.41, 5.74) is 4.04. The van der Waals surface area contributed by atoms with Gasteiger partial charge >= 0.3 is 0 Å². The number of carbonyl (C=O) groups excluding carboxylic acids is 2. The number of piperidine rings is 1. The van der Waals surface area contributed by atoms with Crippen LogP contribution in [0.25, 0.3) is 6.08 Å². The summed E-state index contributed by atoms with van der Waals surface area (Å²) in [5.74, 6) is -2.37. The van der Waals surface area contributed by atoms with Crippen molar-refractivity contribution < 1.29 is 30.0 Å². The Morgan fingerprint density at radius 1 is 1.00 bits per heavy atom. The van der Waals surface area contributed by atoms with Crippen molar-refractivity contribution in [2.45, 2.75) is 64.1 Å². The second-order valence-corrected chi connectivity index (χ2v) is 12.2. The van der Waals surface area contributed by atoms with Crippen molar-refractivity contribution in [3.8, 4) is 5.75 Å². The summed E-state index contributed by atoms with van der Waals surface area (Å²) in [6.45, 7) is 3.70. The van der Waals surface area contributed by atoms with E-state index in [-0.39, 0.29) is 43.2 Å². The predicted octanol–water partition coefficient (Wildman–Crippen LogP) is 3.89. The Morgan fingerprint density at radius 2 is 1.70 bits per heavy atom. The van der Waals surface area contributed by atoms with Gasteiger partial charge in [-0.3, -0.25) is 19.4 Å². The lowest BCUT2D eigenvalue weighted by molar-refractivity contribution is -0.144. The molecule has 4 atom stereocenters. The Morgan fingerprint density at radius 3 is 2.35 bits per heavy atom. The summed E-state index contributed by atoms with van der Waals surface area (Å²) >= 11 is 0. The fourth-order valence-electron chi connectivity index (χ4n) is 7.33. The van der Waals surface area contributed by atoms with E-state index in [2.05, 4.69) is 17.0 Å². The number of amides is 2. The van der Waals surface area contributed by atoms with E-state index in [1.54, 1.807) is 12.1 Å². The number of para-hydroxylation sites is 1. The van der Waals surface area contributed by atoms with Crippen LogP contribution in [0.4, 0.5) is 0 Å². The highest BCUT2D eigenvalue weighted by Gasteiger charge is 2.56. The van der Waals surface area contributed by atoms with E-state index in [4.69, 9.17) is 0 Å². The summed E-state index contributed by atoms with van der Waals surface area (Å²) in [6, 6.07) is 17.2. The molecule has 2 aromatic carbocycles. The first-order valence-corrected chi connectivity index (χ1v) is 15.6. The summed E-state index contributed by atoms with van der Waals surface area (Å²) in [5, 5.41) is 42.4. The number of likely N-dealkylation sites (tertiary alicyclic amines) is 2. The van der Waals surface area contributed by atoms with E-state index in [1.807, 2.05) is 43.3 Å². The number of phenols is 1. The number of aromatic hydroxyl groups is 1. The van der Waals surface area contributed by atoms with Crippen LogP contribution in [-0.4, -0.2) is 80.5 Å². The lowest BCUT2D eigenvalue weighted by atomic mass is 9.68. The van der Waals surface area contributed by atoms with Gasteiger partial charge in [0.2, 0.25) is 11.8 Å². The number of fused-ring (bicyclic) bond motifs is 1. The molecule has 2 fully saturated rings. The van der Waals surface area contributed by atoms with Crippen molar-refractivity contribution in [2.75, 3.05) is 26.3 Å². The second kappa shape index (κ2) is 14.0. The first-order valence-electron chi connectivity index (χ1n) is 15.6. The maximum Gasteiger partial charge on any atom is 0.234 e. The maximum absolute atomic E-state index is 13.9. The van der Waals surface area contributed by atoms with Crippen molar-refractivity contribution >= 4 is 17.9 Å². The molecular weight excluding hydrogens is 544 g/mol. The van der Waals surface area contributed by atoms with Gasteiger partial charge in [0.25, 0.3) is 0 Å². The number of aliphatic hydroxyl groups excluding tert-OH is 3. The zero-order chi connectivity index (χ0) is 30.5. The van der Waals surface area contributed by atoms with E-state index in [0.29, 0.717) is 42.4 Å². The van der Waals surface area contributed by atoms with Crippen LogP contribution in [0, 0.1) is 17.8 Å². The van der Waals surface area contributed by atoms with Crippen LogP contribution in [0.15, 0.2) is 71.3 Å². The molecular formula is C35H44N2O6. The SMILES string of the molecule is CC/C(=C\c1ccccc1O)CC[C@@H](O)C1=C(CO)C[C@H]2C(=O)N(C3CCN(Cc4ccccc4)CC3)C(=O)[C@H]2[C@H]1CO. The number of aliphatic hydroxyl groups is 3. The summed E-state index contributed by atoms with van der Waals surface area (Å²) < 4.78 is 0. The van der Waals surface area contributed by atoms with E-state index < -0.39 is 23.9 Å². The standard InChI is InChI=1S/C35H44N2O6/c1-2-23(18-25-10-6-7-11-30(25)40)12-13-31(41)32-26(21-38)19-28-33(29(32)22-39)35(43)37(34(28)42)27-14-16-36(17-15-27)20-24-8-4-3-5-9-24/h3-11,18,27-29,31,33,38-41H,2,12-17,19-22H2,1H3/b23-18+/t28-,29+,31-,33-/m1/s1. The molecule has 2 aliphatic heterocycles. The molecule has 2 heterocycles. The van der Waals surface area contributed by atoms with E-state index >= 15 is 0 Å². The van der Waals surface area contributed by atoms with Crippen LogP contribution in [-0.2, 0) is 16.1 Å². The number of imide groups is 1. The van der Waals surface area contributed by atoms with Crippen LogP contribution in [0.3, 0.4) is 0 Å². The average molecular weight is 589 g/mol. The normalized spacial score (nSPS) is 24.5. The van der Waals surface area contributed by atoms with Gasteiger partial charge < -0.3 is 20.4 Å². The first-order chi connectivity index (χ1) is 20.9. The molecule has 2 aromatic rings. The van der Waals surface area contributed by atoms with E-state index in [1.165, 1.54) is 10.5 Å². The molecule has 0 saturated carbocycles. The first kappa shape index (κ1) is 31.1. The average Bonchev–Trinajstić information content (AvgIpc) is 3.28. The number of rotatable bonds is 11. The van der Waals surface area contributed by atoms with Crippen molar-refractivity contribution in [2.24, 2.45) is 17.8 Å². The molecule has 5 rings (SSSR count). The third-order valence-corrected chi connectivity index (χ3v) is 9.63. The van der Waals surface area contributed by atoms with Crippen LogP contribution < -0.4 is 0 Å². The van der Waals surface area contributed by atoms with Crippen molar-refractivity contribution in [1.82, 2.24) is 9.80 Å². The highest BCUT2D eigenvalue weighted by atomic mass is 16.3. The van der Waals surface area contributed by atoms with Gasteiger partial charge in [0.1, 0.15) is 5.75 Å². The van der Waals surface area contributed by atoms with Gasteiger partial charge in [-0.15, -0.1) is 0 Å². The predicted molar refractivity (Wildman–Crippen MR) is 164 cm³/mol. The number of hydrogen-bond acceptors (Lipinski definition) is 7. The molecule has 4 N–H and O–H groups in total. The third kappa shape index (κ3) is 6.63. The number of allylic oxidation sites excluding steroid dienone is 1. The smallest absolute Gasteiger partial charge is 0.234 e. The Kier molecular flexibility index (Phi) is 10.1. The number of phenolic OH excluding ortho intramolecular Hbond substituents is 1. The quantitative estimate of drug-likeness (QED) is 0.232. The van der Waals surface area contributed by atoms with Gasteiger partial charge in [0.15, 0.2) is 0 Å². The minimum atomic E-state index is -0.974. The molecule has 2 amide bonds. The highest BCUT2D eigenvalue weighted by molar-refractivity contribution is 6.06. The third-order valence-electron chi connectivity index (χ3n) is 9.63. The Balaban J connectivity index is 1.28. The lowest BCUT2D eigenvalue weighted by Gasteiger charge is -2.36. The number of nitrogens with zero attached hydrogens (tertiary/aromatic N) is 2. The van der Waals surface area contributed by atoms with Crippen molar-refractivity contribution in [3.63, 3.8) is 0 Å². The molecule has 8 heteroatoms. The van der Waals surface area contributed by atoms with Gasteiger partial charge in [0.05, 0.1) is 31.2 Å². The van der Waals surface area contributed by atoms with Crippen LogP contribution in [0.1, 0.15) is 56.6 Å². The zero-order valence-electron chi connectivity index (χ0n) is 24.9. The molecule has 230 valence electrons. The van der Waals surface area contributed by atoms with E-state index in [0.717, 1.165) is 31.6 Å². The monoisotopic (exact) mass is 588 g/mol. The molecule has 0 radical (unpaired) electrons. The molecule has 1 aliphatic carbocycles. The molecule has 2 saturated heterocycles. The molecule has 0 bridgehead atoms. The van der Waals surface area contributed by atoms with Crippen LogP contribution >= 0.6 is 0 Å². The maximum atomic E-state index is 13.9. The topological polar surface area (TPSA) is 122 Å². The fraction of sp³-hybridized carbons (Fsp3) is 0.486. The highest BCUT2D eigenvalue weighted by Crippen LogP contribution is 2.47. The Hall–Kier alpha value is -3.30. The zero-order valence-corrected chi connectivity index (χ0v) is 24.9. The number of hydrogen-bond donors (Lipinski definition) is 4. The minimum absolute atomic E-state index is 0.186. The Bertz CT molecular complexity index is 1350. The second-order valence-electron chi connectivity index (χ2n) is 12.2. The summed E-state index contributed by atoms with van der Waals surface area (Å²) in [4.78, 5) is 31.4. The molecule has 3 aliphatic rings. The van der Waals surface area contributed by atoms with Gasteiger partial charge in [-0.2, -0.15) is 0 Å². The van der Waals surface area contributed by atoms with Crippen molar-refractivity contribution in [1.29, 1.82) is 0 Å². The lowest BCUT2D eigenvalue weighted by Crippen LogP contribution is -2.47. The fourth-order valence-corrected chi connectivity index (χ4v) is 7.33. The van der Waals surface area contributed by atoms with Gasteiger partial charge in [-0.25, -0.2) is 0 Å². The van der Waals surface area contributed by atoms with E-state index in [9.17, 15) is 30.0 Å². The largest absolute Gasteiger partial charge is 0.507 e.